The molecule has 2 aliphatic rings. The molecule has 1 fully saturated rings. The van der Waals surface area contributed by atoms with Crippen LogP contribution >= 0.6 is 0 Å². The van der Waals surface area contributed by atoms with Gasteiger partial charge in [0, 0.05) is 6.04 Å². The Morgan fingerprint density at radius 1 is 1.35 bits per heavy atom. The van der Waals surface area contributed by atoms with E-state index in [1.54, 1.807) is 0 Å². The lowest BCUT2D eigenvalue weighted by Crippen LogP contribution is -2.44. The van der Waals surface area contributed by atoms with E-state index in [4.69, 9.17) is 4.74 Å². The molecule has 0 spiro atoms. The summed E-state index contributed by atoms with van der Waals surface area (Å²) in [6.07, 6.45) is 3.80. The van der Waals surface area contributed by atoms with Crippen molar-refractivity contribution in [3.05, 3.63) is 29.3 Å². The van der Waals surface area contributed by atoms with Crippen molar-refractivity contribution in [1.82, 2.24) is 5.32 Å². The average Bonchev–Trinajstić information content (AvgIpc) is 3.10. The van der Waals surface area contributed by atoms with E-state index >= 15 is 0 Å². The van der Waals surface area contributed by atoms with Crippen molar-refractivity contribution in [1.29, 1.82) is 0 Å². The number of ether oxygens (including phenoxy) is 1. The molecule has 1 heterocycles. The van der Waals surface area contributed by atoms with E-state index in [9.17, 15) is 13.2 Å². The maximum atomic E-state index is 12.3. The van der Waals surface area contributed by atoms with Crippen molar-refractivity contribution in [2.45, 2.75) is 51.2 Å². The van der Waals surface area contributed by atoms with Crippen LogP contribution in [0, 0.1) is 0 Å². The maximum absolute atomic E-state index is 12.3. The second-order valence-electron chi connectivity index (χ2n) is 6.41. The predicted molar refractivity (Wildman–Crippen MR) is 88.4 cm³/mol. The van der Waals surface area contributed by atoms with E-state index in [1.165, 1.54) is 17.5 Å². The molecule has 1 aromatic rings. The van der Waals surface area contributed by atoms with Crippen molar-refractivity contribution >= 4 is 15.7 Å². The first-order valence-electron chi connectivity index (χ1n) is 8.26. The van der Waals surface area contributed by atoms with Gasteiger partial charge in [0.2, 0.25) is 0 Å². The van der Waals surface area contributed by atoms with Gasteiger partial charge in [0.15, 0.2) is 15.9 Å². The lowest BCUT2D eigenvalue weighted by molar-refractivity contribution is -0.128. The molecular formula is C17H23NO4S. The van der Waals surface area contributed by atoms with Gasteiger partial charge in [0.1, 0.15) is 5.75 Å². The number of carbonyl (C=O) groups is 1. The van der Waals surface area contributed by atoms with Crippen molar-refractivity contribution in [2.24, 2.45) is 0 Å². The number of nitrogens with one attached hydrogen (secondary N) is 1. The molecule has 0 bridgehead atoms. The molecule has 0 saturated carbocycles. The minimum absolute atomic E-state index is 0.0357. The van der Waals surface area contributed by atoms with Gasteiger partial charge in [-0.05, 0) is 55.4 Å². The number of fused-ring (bicyclic) bond motifs is 1. The van der Waals surface area contributed by atoms with Crippen LogP contribution in [0.15, 0.2) is 18.2 Å². The maximum Gasteiger partial charge on any atom is 0.261 e. The smallest absolute Gasteiger partial charge is 0.261 e. The minimum atomic E-state index is -2.99. The van der Waals surface area contributed by atoms with Crippen molar-refractivity contribution in [2.75, 3.05) is 11.5 Å². The van der Waals surface area contributed by atoms with E-state index in [2.05, 4.69) is 11.4 Å². The van der Waals surface area contributed by atoms with E-state index in [0.717, 1.165) is 12.8 Å². The number of hydrogen-bond donors (Lipinski definition) is 1. The van der Waals surface area contributed by atoms with E-state index in [1.807, 2.05) is 19.1 Å². The molecule has 23 heavy (non-hydrogen) atoms. The minimum Gasteiger partial charge on any atom is -0.481 e. The topological polar surface area (TPSA) is 72.5 Å². The summed E-state index contributed by atoms with van der Waals surface area (Å²) < 4.78 is 28.8. The average molecular weight is 337 g/mol. The number of rotatable bonds is 5. The lowest BCUT2D eigenvalue weighted by atomic mass is 10.1. The van der Waals surface area contributed by atoms with Gasteiger partial charge in [0.05, 0.1) is 11.5 Å². The predicted octanol–water partition coefficient (Wildman–Crippen LogP) is 1.64. The van der Waals surface area contributed by atoms with Gasteiger partial charge >= 0.3 is 0 Å². The molecule has 1 saturated heterocycles. The zero-order valence-electron chi connectivity index (χ0n) is 13.4. The molecule has 0 aromatic heterocycles. The van der Waals surface area contributed by atoms with E-state index in [0.29, 0.717) is 18.6 Å². The summed E-state index contributed by atoms with van der Waals surface area (Å²) in [5.74, 6) is 0.677. The summed E-state index contributed by atoms with van der Waals surface area (Å²) in [5.41, 5.74) is 2.67. The van der Waals surface area contributed by atoms with Crippen molar-refractivity contribution in [3.63, 3.8) is 0 Å². The normalized spacial score (nSPS) is 23.3. The molecule has 1 N–H and O–H groups in total. The summed E-state index contributed by atoms with van der Waals surface area (Å²) >= 11 is 0. The van der Waals surface area contributed by atoms with Gasteiger partial charge in [-0.25, -0.2) is 8.42 Å². The Hall–Kier alpha value is -1.56. The van der Waals surface area contributed by atoms with Crippen LogP contribution in [0.5, 0.6) is 5.75 Å². The third-order valence-electron chi connectivity index (χ3n) is 4.59. The Labute approximate surface area is 137 Å². The number of sulfone groups is 1. The van der Waals surface area contributed by atoms with Gasteiger partial charge in [-0.3, -0.25) is 4.79 Å². The monoisotopic (exact) mass is 337 g/mol. The fourth-order valence-corrected chi connectivity index (χ4v) is 4.98. The molecule has 1 aliphatic heterocycles. The fourth-order valence-electron chi connectivity index (χ4n) is 3.31. The van der Waals surface area contributed by atoms with Crippen LogP contribution in [0.2, 0.25) is 0 Å². The molecule has 0 radical (unpaired) electrons. The molecule has 1 aromatic carbocycles. The number of amides is 1. The molecule has 0 unspecified atom stereocenters. The third kappa shape index (κ3) is 3.86. The highest BCUT2D eigenvalue weighted by molar-refractivity contribution is 7.91. The largest absolute Gasteiger partial charge is 0.481 e. The molecule has 6 heteroatoms. The molecule has 5 nitrogen and oxygen atoms in total. The molecule has 126 valence electrons. The second kappa shape index (κ2) is 6.51. The van der Waals surface area contributed by atoms with E-state index in [-0.39, 0.29) is 23.5 Å². The Morgan fingerprint density at radius 3 is 2.83 bits per heavy atom. The first-order chi connectivity index (χ1) is 11.0. The molecular weight excluding hydrogens is 314 g/mol. The van der Waals surface area contributed by atoms with Gasteiger partial charge in [-0.1, -0.05) is 13.0 Å². The van der Waals surface area contributed by atoms with Crippen LogP contribution in [0.3, 0.4) is 0 Å². The summed E-state index contributed by atoms with van der Waals surface area (Å²) in [6.45, 7) is 1.89. The summed E-state index contributed by atoms with van der Waals surface area (Å²) in [7, 11) is -2.99. The standard InChI is InChI=1S/C17H23NO4S/c1-2-16(17(19)18-14-8-9-23(20,21)11-14)22-15-7-6-12-4-3-5-13(12)10-15/h6-7,10,14,16H,2-5,8-9,11H2,1H3,(H,18,19)/t14-,16+/m1/s1. The fraction of sp³-hybridized carbons (Fsp3) is 0.588. The highest BCUT2D eigenvalue weighted by atomic mass is 32.2. The van der Waals surface area contributed by atoms with Gasteiger partial charge in [0.25, 0.3) is 5.91 Å². The first kappa shape index (κ1) is 16.3. The Bertz CT molecular complexity index is 699. The first-order valence-corrected chi connectivity index (χ1v) is 10.1. The van der Waals surface area contributed by atoms with Crippen LogP contribution in [0.4, 0.5) is 0 Å². The number of aryl methyl sites for hydroxylation is 2. The Morgan fingerprint density at radius 2 is 2.13 bits per heavy atom. The molecule has 1 aliphatic carbocycles. The second-order valence-corrected chi connectivity index (χ2v) is 8.64. The Balaban J connectivity index is 1.62. The zero-order chi connectivity index (χ0) is 16.4. The van der Waals surface area contributed by atoms with Crippen LogP contribution in [-0.2, 0) is 27.5 Å². The number of benzene rings is 1. The SMILES string of the molecule is CC[C@H](Oc1ccc2c(c1)CCC2)C(=O)N[C@@H]1CCS(=O)(=O)C1. The molecule has 2 atom stereocenters. The molecule has 1 amide bonds. The lowest BCUT2D eigenvalue weighted by Gasteiger charge is -2.20. The van der Waals surface area contributed by atoms with Gasteiger partial charge in [-0.15, -0.1) is 0 Å². The van der Waals surface area contributed by atoms with E-state index < -0.39 is 15.9 Å². The molecule has 3 rings (SSSR count). The van der Waals surface area contributed by atoms with Crippen LogP contribution < -0.4 is 10.1 Å². The van der Waals surface area contributed by atoms with Gasteiger partial charge in [-0.2, -0.15) is 0 Å². The Kier molecular flexibility index (Phi) is 4.62. The summed E-state index contributed by atoms with van der Waals surface area (Å²) in [6, 6.07) is 5.73. The van der Waals surface area contributed by atoms with Crippen LogP contribution in [0.1, 0.15) is 37.3 Å². The van der Waals surface area contributed by atoms with Gasteiger partial charge < -0.3 is 10.1 Å². The number of carbonyl (C=O) groups excluding carboxylic acids is 1. The highest BCUT2D eigenvalue weighted by Gasteiger charge is 2.31. The number of hydrogen-bond acceptors (Lipinski definition) is 4. The van der Waals surface area contributed by atoms with Crippen molar-refractivity contribution in [3.8, 4) is 5.75 Å². The third-order valence-corrected chi connectivity index (χ3v) is 6.36. The highest BCUT2D eigenvalue weighted by Crippen LogP contribution is 2.26. The zero-order valence-corrected chi connectivity index (χ0v) is 14.2. The quantitative estimate of drug-likeness (QED) is 0.886. The summed E-state index contributed by atoms with van der Waals surface area (Å²) in [4.78, 5) is 12.3. The van der Waals surface area contributed by atoms with Crippen LogP contribution in [0.25, 0.3) is 0 Å². The van der Waals surface area contributed by atoms with Crippen molar-refractivity contribution < 1.29 is 17.9 Å². The summed E-state index contributed by atoms with van der Waals surface area (Å²) in [5, 5.41) is 2.81. The van der Waals surface area contributed by atoms with Crippen LogP contribution in [-0.4, -0.2) is 38.0 Å².